The molecule has 1 aliphatic heterocycles. The van der Waals surface area contributed by atoms with Crippen molar-refractivity contribution in [2.24, 2.45) is 0 Å². The van der Waals surface area contributed by atoms with E-state index in [0.29, 0.717) is 53.7 Å². The fourth-order valence-corrected chi connectivity index (χ4v) is 4.81. The number of hydrogen-bond donors (Lipinski definition) is 1. The molecule has 1 saturated heterocycles. The summed E-state index contributed by atoms with van der Waals surface area (Å²) >= 11 is 6.47. The van der Waals surface area contributed by atoms with E-state index in [1.165, 1.54) is 0 Å². The largest absolute Gasteiger partial charge is 0.478 e. The summed E-state index contributed by atoms with van der Waals surface area (Å²) in [5, 5.41) is 11.5. The van der Waals surface area contributed by atoms with Crippen LogP contribution in [0.25, 0.3) is 39.0 Å². The first-order valence-corrected chi connectivity index (χ1v) is 11.6. The second-order valence-corrected chi connectivity index (χ2v) is 8.65. The van der Waals surface area contributed by atoms with Gasteiger partial charge in [-0.15, -0.1) is 0 Å². The van der Waals surface area contributed by atoms with E-state index >= 15 is 0 Å². The molecule has 9 heteroatoms. The highest BCUT2D eigenvalue weighted by Gasteiger charge is 2.24. The fraction of sp³-hybridized carbons (Fsp3) is 0.154. The second kappa shape index (κ2) is 8.65. The van der Waals surface area contributed by atoms with Crippen LogP contribution in [0.2, 0.25) is 5.02 Å². The van der Waals surface area contributed by atoms with Crippen LogP contribution in [0.15, 0.2) is 67.1 Å². The highest BCUT2D eigenvalue weighted by molar-refractivity contribution is 6.35. The lowest BCUT2D eigenvalue weighted by Crippen LogP contribution is -2.36. The molecule has 8 nitrogen and oxygen atoms in total. The Hall–Kier alpha value is -4.01. The van der Waals surface area contributed by atoms with Gasteiger partial charge in [0.25, 0.3) is 0 Å². The number of carboxylic acid groups (broad SMARTS) is 1. The number of ether oxygens (including phenoxy) is 1. The van der Waals surface area contributed by atoms with Crippen molar-refractivity contribution in [2.45, 2.75) is 0 Å². The molecule has 0 spiro atoms. The van der Waals surface area contributed by atoms with E-state index in [2.05, 4.69) is 14.9 Å². The third kappa shape index (κ3) is 3.67. The zero-order valence-corrected chi connectivity index (χ0v) is 19.3. The number of pyridine rings is 2. The van der Waals surface area contributed by atoms with Crippen molar-refractivity contribution >= 4 is 45.2 Å². The van der Waals surface area contributed by atoms with Crippen LogP contribution in [0, 0.1) is 0 Å². The molecule has 4 heterocycles. The number of para-hydroxylation sites is 1. The minimum atomic E-state index is -1.03. The van der Waals surface area contributed by atoms with Crippen LogP contribution in [0.4, 0.5) is 5.69 Å². The number of hydrogen-bond acceptors (Lipinski definition) is 6. The lowest BCUT2D eigenvalue weighted by atomic mass is 10.1. The topological polar surface area (TPSA) is 93.4 Å². The Morgan fingerprint density at radius 2 is 1.80 bits per heavy atom. The van der Waals surface area contributed by atoms with Gasteiger partial charge in [-0.3, -0.25) is 14.5 Å². The van der Waals surface area contributed by atoms with Gasteiger partial charge < -0.3 is 14.7 Å². The van der Waals surface area contributed by atoms with Crippen molar-refractivity contribution in [2.75, 3.05) is 31.2 Å². The summed E-state index contributed by atoms with van der Waals surface area (Å²) in [5.41, 5.74) is 4.34. The van der Waals surface area contributed by atoms with Gasteiger partial charge in [-0.2, -0.15) is 0 Å². The number of benzene rings is 2. The molecule has 1 aliphatic rings. The molecule has 35 heavy (non-hydrogen) atoms. The number of aromatic carboxylic acids is 1. The monoisotopic (exact) mass is 485 g/mol. The summed E-state index contributed by atoms with van der Waals surface area (Å²) in [6, 6.07) is 14.9. The summed E-state index contributed by atoms with van der Waals surface area (Å²) in [6.45, 7) is 2.55. The summed E-state index contributed by atoms with van der Waals surface area (Å²) in [4.78, 5) is 28.0. The van der Waals surface area contributed by atoms with Gasteiger partial charge in [0, 0.05) is 48.3 Å². The fourth-order valence-electron chi connectivity index (χ4n) is 4.59. The van der Waals surface area contributed by atoms with Gasteiger partial charge in [0.2, 0.25) is 0 Å². The Morgan fingerprint density at radius 3 is 2.57 bits per heavy atom. The van der Waals surface area contributed by atoms with Crippen molar-refractivity contribution < 1.29 is 14.6 Å². The summed E-state index contributed by atoms with van der Waals surface area (Å²) in [7, 11) is 0. The Kier molecular flexibility index (Phi) is 5.32. The van der Waals surface area contributed by atoms with Gasteiger partial charge in [0.15, 0.2) is 0 Å². The molecule has 1 N–H and O–H groups in total. The smallest absolute Gasteiger partial charge is 0.338 e. The van der Waals surface area contributed by atoms with Gasteiger partial charge >= 0.3 is 5.97 Å². The van der Waals surface area contributed by atoms with Crippen molar-refractivity contribution in [1.29, 1.82) is 0 Å². The first kappa shape index (κ1) is 21.5. The van der Waals surface area contributed by atoms with Crippen LogP contribution >= 0.6 is 11.6 Å². The van der Waals surface area contributed by atoms with Crippen molar-refractivity contribution in [1.82, 2.24) is 19.5 Å². The van der Waals surface area contributed by atoms with Crippen LogP contribution in [-0.2, 0) is 4.74 Å². The summed E-state index contributed by atoms with van der Waals surface area (Å²) < 4.78 is 7.49. The van der Waals surface area contributed by atoms with Gasteiger partial charge in [-0.1, -0.05) is 23.7 Å². The highest BCUT2D eigenvalue weighted by Crippen LogP contribution is 2.36. The Balaban J connectivity index is 1.72. The predicted octanol–water partition coefficient (Wildman–Crippen LogP) is 4.82. The van der Waals surface area contributed by atoms with E-state index in [4.69, 9.17) is 21.3 Å². The normalized spacial score (nSPS) is 14.0. The average Bonchev–Trinajstić information content (AvgIpc) is 3.28. The van der Waals surface area contributed by atoms with Crippen molar-refractivity contribution in [3.05, 3.63) is 77.7 Å². The van der Waals surface area contributed by atoms with E-state index in [1.807, 2.05) is 41.0 Å². The van der Waals surface area contributed by atoms with Crippen LogP contribution < -0.4 is 4.90 Å². The molecule has 5 aromatic rings. The highest BCUT2D eigenvalue weighted by atomic mass is 35.5. The number of nitrogens with zero attached hydrogens (tertiary/aromatic N) is 5. The molecule has 0 amide bonds. The SMILES string of the molecule is O=C(O)c1cc(N2CCOCC2)cc2c1nc(-c1ccncc1)n2-c1ccnc2c(Cl)cccc12. The van der Waals surface area contributed by atoms with Gasteiger partial charge in [0.1, 0.15) is 11.3 Å². The van der Waals surface area contributed by atoms with Gasteiger partial charge in [-0.05, 0) is 36.4 Å². The Morgan fingerprint density at radius 1 is 1.00 bits per heavy atom. The lowest BCUT2D eigenvalue weighted by Gasteiger charge is -2.29. The van der Waals surface area contributed by atoms with E-state index in [0.717, 1.165) is 22.3 Å². The molecule has 1 fully saturated rings. The molecule has 0 bridgehead atoms. The standard InChI is InChI=1S/C26H20ClN5O3/c27-20-3-1-2-18-21(6-9-29-23(18)20)32-22-15-17(31-10-12-35-13-11-31)14-19(26(33)34)24(22)30-25(32)16-4-7-28-8-5-16/h1-9,14-15H,10-13H2,(H,33,34). The maximum Gasteiger partial charge on any atom is 0.338 e. The number of imidazole rings is 1. The minimum absolute atomic E-state index is 0.148. The second-order valence-electron chi connectivity index (χ2n) is 8.24. The molecule has 0 radical (unpaired) electrons. The molecular weight excluding hydrogens is 466 g/mol. The zero-order valence-electron chi connectivity index (χ0n) is 18.6. The molecule has 6 rings (SSSR count). The number of halogens is 1. The molecule has 3 aromatic heterocycles. The number of morpholine rings is 1. The predicted molar refractivity (Wildman–Crippen MR) is 135 cm³/mol. The maximum absolute atomic E-state index is 12.4. The number of aromatic nitrogens is 4. The first-order valence-electron chi connectivity index (χ1n) is 11.2. The Bertz CT molecular complexity index is 1580. The third-order valence-electron chi connectivity index (χ3n) is 6.23. The number of carboxylic acids is 1. The molecule has 2 aromatic carbocycles. The maximum atomic E-state index is 12.4. The molecule has 0 saturated carbocycles. The molecule has 0 aliphatic carbocycles. The van der Waals surface area contributed by atoms with Gasteiger partial charge in [-0.25, -0.2) is 9.78 Å². The number of anilines is 1. The molecule has 0 atom stereocenters. The quantitative estimate of drug-likeness (QED) is 0.390. The van der Waals surface area contributed by atoms with Crippen molar-refractivity contribution in [3.8, 4) is 17.1 Å². The zero-order chi connectivity index (χ0) is 23.9. The average molecular weight is 486 g/mol. The summed E-state index contributed by atoms with van der Waals surface area (Å²) in [5.74, 6) is -0.421. The van der Waals surface area contributed by atoms with Gasteiger partial charge in [0.05, 0.1) is 40.5 Å². The van der Waals surface area contributed by atoms with Crippen LogP contribution in [-0.4, -0.2) is 56.9 Å². The van der Waals surface area contributed by atoms with Crippen LogP contribution in [0.3, 0.4) is 0 Å². The lowest BCUT2D eigenvalue weighted by molar-refractivity contribution is 0.0699. The number of carbonyl (C=O) groups is 1. The Labute approximate surface area is 205 Å². The summed E-state index contributed by atoms with van der Waals surface area (Å²) in [6.07, 6.45) is 5.09. The number of fused-ring (bicyclic) bond motifs is 2. The molecular formula is C26H20ClN5O3. The molecule has 174 valence electrons. The first-order chi connectivity index (χ1) is 17.1. The van der Waals surface area contributed by atoms with Crippen molar-refractivity contribution in [3.63, 3.8) is 0 Å². The van der Waals surface area contributed by atoms with Crippen LogP contribution in [0.5, 0.6) is 0 Å². The van der Waals surface area contributed by atoms with E-state index in [9.17, 15) is 9.90 Å². The van der Waals surface area contributed by atoms with Crippen LogP contribution in [0.1, 0.15) is 10.4 Å². The molecule has 0 unspecified atom stereocenters. The van der Waals surface area contributed by atoms with E-state index in [1.54, 1.807) is 30.7 Å². The third-order valence-corrected chi connectivity index (χ3v) is 6.53. The number of rotatable bonds is 4. The van der Waals surface area contributed by atoms with E-state index in [-0.39, 0.29) is 5.56 Å². The van der Waals surface area contributed by atoms with E-state index < -0.39 is 5.97 Å². The minimum Gasteiger partial charge on any atom is -0.478 e.